The molecule has 230 valence electrons. The van der Waals surface area contributed by atoms with Gasteiger partial charge in [0.25, 0.3) is 5.91 Å². The number of likely N-dealkylation sites (tertiary alicyclic amines) is 1. The second kappa shape index (κ2) is 13.8. The highest BCUT2D eigenvalue weighted by molar-refractivity contribution is 7.92. The van der Waals surface area contributed by atoms with Gasteiger partial charge in [-0.2, -0.15) is 0 Å². The standard InChI is InChI=1S/C30H35F2N5O5S/c1-3-14-37(30(39)34-28-17-25(29(33)38)26(31)18-27(28)32)22-12-15-36(16-13-22)19-20-4-8-23(9-5-20)42-24-10-6-21(7-11-24)35-43(2,40)41/h4-11,17-18,22,35H,3,12-16,19H2,1-2H3,(H2,33,38)(H,34,39). The highest BCUT2D eigenvalue weighted by Crippen LogP contribution is 2.26. The number of rotatable bonds is 11. The van der Waals surface area contributed by atoms with Crippen LogP contribution in [0.4, 0.5) is 25.0 Å². The molecule has 0 atom stereocenters. The summed E-state index contributed by atoms with van der Waals surface area (Å²) in [6.07, 6.45) is 3.22. The van der Waals surface area contributed by atoms with Crippen molar-refractivity contribution >= 4 is 33.3 Å². The fourth-order valence-corrected chi connectivity index (χ4v) is 5.53. The molecule has 0 aromatic heterocycles. The Morgan fingerprint density at radius 3 is 2.16 bits per heavy atom. The first-order valence-corrected chi connectivity index (χ1v) is 15.7. The Labute approximate surface area is 249 Å². The summed E-state index contributed by atoms with van der Waals surface area (Å²) in [5.41, 5.74) is 5.92. The quantitative estimate of drug-likeness (QED) is 0.274. The molecule has 0 unspecified atom stereocenters. The predicted molar refractivity (Wildman–Crippen MR) is 161 cm³/mol. The normalized spacial score (nSPS) is 14.2. The lowest BCUT2D eigenvalue weighted by Gasteiger charge is -2.38. The van der Waals surface area contributed by atoms with Crippen LogP contribution in [0.25, 0.3) is 0 Å². The van der Waals surface area contributed by atoms with Crippen LogP contribution in [0, 0.1) is 11.6 Å². The predicted octanol–water partition coefficient (Wildman–Crippen LogP) is 5.14. The van der Waals surface area contributed by atoms with Gasteiger partial charge in [-0.05, 0) is 67.3 Å². The summed E-state index contributed by atoms with van der Waals surface area (Å²) in [7, 11) is -3.35. The molecule has 3 aromatic carbocycles. The lowest BCUT2D eigenvalue weighted by molar-refractivity contribution is 0.0996. The first-order valence-electron chi connectivity index (χ1n) is 13.9. The van der Waals surface area contributed by atoms with Crippen molar-refractivity contribution in [3.8, 4) is 11.5 Å². The number of hydrogen-bond acceptors (Lipinski definition) is 6. The molecule has 0 saturated carbocycles. The van der Waals surface area contributed by atoms with Crippen molar-refractivity contribution in [2.75, 3.05) is 35.9 Å². The topological polar surface area (TPSA) is 134 Å². The zero-order valence-corrected chi connectivity index (χ0v) is 24.8. The molecule has 4 N–H and O–H groups in total. The van der Waals surface area contributed by atoms with Crippen LogP contribution in [0.2, 0.25) is 0 Å². The number of nitrogens with zero attached hydrogens (tertiary/aromatic N) is 2. The van der Waals surface area contributed by atoms with Gasteiger partial charge in [0.1, 0.15) is 23.1 Å². The summed E-state index contributed by atoms with van der Waals surface area (Å²) in [4.78, 5) is 28.5. The molecule has 1 aliphatic heterocycles. The molecule has 0 radical (unpaired) electrons. The van der Waals surface area contributed by atoms with Crippen molar-refractivity contribution < 1.29 is 31.5 Å². The maximum atomic E-state index is 14.3. The number of hydrogen-bond donors (Lipinski definition) is 3. The second-order valence-corrected chi connectivity index (χ2v) is 12.2. The third-order valence-corrected chi connectivity index (χ3v) is 7.62. The number of urea groups is 1. The SMILES string of the molecule is CCCN(C(=O)Nc1cc(C(N)=O)c(F)cc1F)C1CCN(Cc2ccc(Oc3ccc(NS(C)(=O)=O)cc3)cc2)CC1. The van der Waals surface area contributed by atoms with E-state index in [9.17, 15) is 26.8 Å². The number of benzene rings is 3. The molecule has 1 fully saturated rings. The van der Waals surface area contributed by atoms with Crippen molar-refractivity contribution in [1.82, 2.24) is 9.80 Å². The summed E-state index contributed by atoms with van der Waals surface area (Å²) in [6.45, 7) is 4.62. The Bertz CT molecular complexity index is 1540. The van der Waals surface area contributed by atoms with Crippen LogP contribution in [0.5, 0.6) is 11.5 Å². The van der Waals surface area contributed by atoms with Crippen molar-refractivity contribution in [1.29, 1.82) is 0 Å². The van der Waals surface area contributed by atoms with E-state index < -0.39 is 39.2 Å². The van der Waals surface area contributed by atoms with Crippen LogP contribution in [0.3, 0.4) is 0 Å². The minimum Gasteiger partial charge on any atom is -0.457 e. The number of nitrogens with one attached hydrogen (secondary N) is 2. The van der Waals surface area contributed by atoms with Gasteiger partial charge in [0.15, 0.2) is 0 Å². The molecule has 13 heteroatoms. The van der Waals surface area contributed by atoms with Gasteiger partial charge in [-0.3, -0.25) is 14.4 Å². The molecule has 0 bridgehead atoms. The molecule has 10 nitrogen and oxygen atoms in total. The van der Waals surface area contributed by atoms with Crippen molar-refractivity contribution in [2.24, 2.45) is 5.73 Å². The number of ether oxygens (including phenoxy) is 1. The molecular weight excluding hydrogens is 580 g/mol. The summed E-state index contributed by atoms with van der Waals surface area (Å²) in [5.74, 6) is -1.90. The zero-order valence-electron chi connectivity index (χ0n) is 24.0. The molecule has 0 aliphatic carbocycles. The summed E-state index contributed by atoms with van der Waals surface area (Å²) >= 11 is 0. The Morgan fingerprint density at radius 2 is 1.60 bits per heavy atom. The van der Waals surface area contributed by atoms with Gasteiger partial charge in [-0.15, -0.1) is 0 Å². The number of piperidine rings is 1. The van der Waals surface area contributed by atoms with E-state index in [1.165, 1.54) is 0 Å². The molecule has 43 heavy (non-hydrogen) atoms. The maximum Gasteiger partial charge on any atom is 0.322 e. The van der Waals surface area contributed by atoms with Crippen LogP contribution >= 0.6 is 0 Å². The van der Waals surface area contributed by atoms with Gasteiger partial charge in [0, 0.05) is 44.0 Å². The minimum absolute atomic E-state index is 0.0647. The van der Waals surface area contributed by atoms with Gasteiger partial charge >= 0.3 is 6.03 Å². The Hall–Kier alpha value is -4.23. The Morgan fingerprint density at radius 1 is 1.00 bits per heavy atom. The maximum absolute atomic E-state index is 14.3. The Kier molecular flexibility index (Phi) is 10.2. The molecule has 1 aliphatic rings. The fourth-order valence-electron chi connectivity index (χ4n) is 4.96. The smallest absolute Gasteiger partial charge is 0.322 e. The van der Waals surface area contributed by atoms with Crippen LogP contribution in [-0.2, 0) is 16.6 Å². The molecular formula is C30H35F2N5O5S. The average molecular weight is 616 g/mol. The lowest BCUT2D eigenvalue weighted by Crippen LogP contribution is -2.49. The van der Waals surface area contributed by atoms with Gasteiger partial charge in [0.05, 0.1) is 17.5 Å². The van der Waals surface area contributed by atoms with Gasteiger partial charge in [-0.25, -0.2) is 22.0 Å². The van der Waals surface area contributed by atoms with E-state index in [0.717, 1.165) is 50.4 Å². The van der Waals surface area contributed by atoms with Crippen molar-refractivity contribution in [2.45, 2.75) is 38.8 Å². The number of carbonyl (C=O) groups excluding carboxylic acids is 2. The third-order valence-electron chi connectivity index (χ3n) is 7.01. The van der Waals surface area contributed by atoms with E-state index in [-0.39, 0.29) is 11.7 Å². The van der Waals surface area contributed by atoms with Gasteiger partial charge in [0.2, 0.25) is 10.0 Å². The molecule has 1 saturated heterocycles. The van der Waals surface area contributed by atoms with Crippen LogP contribution in [-0.4, -0.2) is 62.1 Å². The third kappa shape index (κ3) is 8.88. The van der Waals surface area contributed by atoms with Gasteiger partial charge in [-0.1, -0.05) is 19.1 Å². The molecule has 3 aromatic rings. The Balaban J connectivity index is 1.30. The van der Waals surface area contributed by atoms with Crippen LogP contribution in [0.15, 0.2) is 60.7 Å². The summed E-state index contributed by atoms with van der Waals surface area (Å²) in [6, 6.07) is 15.2. The highest BCUT2D eigenvalue weighted by Gasteiger charge is 2.28. The molecule has 0 spiro atoms. The van der Waals surface area contributed by atoms with E-state index in [0.29, 0.717) is 36.2 Å². The van der Waals surface area contributed by atoms with Crippen LogP contribution < -0.4 is 20.5 Å². The number of halogens is 2. The first kappa shape index (κ1) is 31.7. The number of nitrogens with two attached hydrogens (primary N) is 1. The van der Waals surface area contributed by atoms with E-state index in [4.69, 9.17) is 10.5 Å². The fraction of sp³-hybridized carbons (Fsp3) is 0.333. The van der Waals surface area contributed by atoms with Crippen molar-refractivity contribution in [3.05, 3.63) is 83.4 Å². The molecule has 3 amide bonds. The zero-order chi connectivity index (χ0) is 31.1. The highest BCUT2D eigenvalue weighted by atomic mass is 32.2. The second-order valence-electron chi connectivity index (χ2n) is 10.5. The average Bonchev–Trinajstić information content (AvgIpc) is 2.95. The number of sulfonamides is 1. The van der Waals surface area contributed by atoms with E-state index in [2.05, 4.69) is 14.9 Å². The molecule has 1 heterocycles. The summed E-state index contributed by atoms with van der Waals surface area (Å²) < 4.78 is 59.2. The number of carbonyl (C=O) groups is 2. The largest absolute Gasteiger partial charge is 0.457 e. The summed E-state index contributed by atoms with van der Waals surface area (Å²) in [5, 5.41) is 2.48. The number of amides is 3. The van der Waals surface area contributed by atoms with Gasteiger partial charge < -0.3 is 20.7 Å². The van der Waals surface area contributed by atoms with E-state index in [1.807, 2.05) is 31.2 Å². The van der Waals surface area contributed by atoms with Crippen LogP contribution in [0.1, 0.15) is 42.1 Å². The van der Waals surface area contributed by atoms with E-state index >= 15 is 0 Å². The van der Waals surface area contributed by atoms with E-state index in [1.54, 1.807) is 29.2 Å². The number of primary amides is 1. The number of anilines is 2. The molecule has 4 rings (SSSR count). The van der Waals surface area contributed by atoms with Crippen molar-refractivity contribution in [3.63, 3.8) is 0 Å². The lowest BCUT2D eigenvalue weighted by atomic mass is 10.0. The first-order chi connectivity index (χ1) is 20.4. The minimum atomic E-state index is -3.35. The monoisotopic (exact) mass is 615 g/mol.